The van der Waals surface area contributed by atoms with Crippen LogP contribution < -0.4 is 0 Å². The summed E-state index contributed by atoms with van der Waals surface area (Å²) in [6.45, 7) is 0. The Bertz CT molecular complexity index is 10.4. The van der Waals surface area contributed by atoms with E-state index in [1.54, 1.807) is 0 Å². The molecule has 0 atom stereocenters. The first-order valence-corrected chi connectivity index (χ1v) is 1.00. The SMILES string of the molecule is [B][B].[B][B][B].[CH3-].[Y].[Y]. The molecule has 11 radical (unpaired) electrons. The smallest absolute Gasteiger partial charge is 0 e. The van der Waals surface area contributed by atoms with E-state index in [0.717, 1.165) is 7.06 Å². The van der Waals surface area contributed by atoms with Crippen LogP contribution in [0.25, 0.3) is 0 Å². The molecule has 7 heteroatoms. The van der Waals surface area contributed by atoms with Crippen molar-refractivity contribution < 1.29 is 65.4 Å². The summed E-state index contributed by atoms with van der Waals surface area (Å²) in [6, 6.07) is 0. The monoisotopic (exact) mass is 248 g/mol. The summed E-state index contributed by atoms with van der Waals surface area (Å²) in [4.78, 5) is 0. The third-order valence-corrected chi connectivity index (χ3v) is 0. The van der Waals surface area contributed by atoms with Crippen molar-refractivity contribution >= 4 is 38.0 Å². The molecule has 0 spiro atoms. The second kappa shape index (κ2) is 55.6. The largest absolute Gasteiger partial charge is 0.358 e. The molecule has 0 nitrogen and oxygen atoms in total. The van der Waals surface area contributed by atoms with Gasteiger partial charge in [0.15, 0.2) is 0 Å². The Morgan fingerprint density at radius 2 is 0.875 bits per heavy atom. The fourth-order valence-electron chi connectivity index (χ4n) is 0. The maximum absolute atomic E-state index is 4.50. The van der Waals surface area contributed by atoms with Crippen molar-refractivity contribution in [1.29, 1.82) is 0 Å². The van der Waals surface area contributed by atoms with Gasteiger partial charge in [-0.25, -0.2) is 0 Å². The normalized spacial score (nSPS) is 2.00. The van der Waals surface area contributed by atoms with Gasteiger partial charge in [0.1, 0.15) is 0 Å². The van der Waals surface area contributed by atoms with Crippen LogP contribution >= 0.6 is 0 Å². The molecular weight excluding hydrogens is 244 g/mol. The standard InChI is InChI=1S/CH3.B3.B2.2Y/c;1-3-2;1-2;;/h1H3;;;;/q-1;;;;. The minimum atomic E-state index is 0. The van der Waals surface area contributed by atoms with E-state index >= 15 is 0 Å². The molecular formula is CH3B5Y2-. The topological polar surface area (TPSA) is 0 Å². The molecule has 29 valence electrons. The zero-order valence-corrected chi connectivity index (χ0v) is 10.7. The fraction of sp³-hybridized carbons (Fsp3) is 0. The van der Waals surface area contributed by atoms with Crippen LogP contribution in [0.5, 0.6) is 0 Å². The Kier molecular flexibility index (Phi) is 217. The molecule has 0 aliphatic heterocycles. The van der Waals surface area contributed by atoms with Crippen LogP contribution in [0.2, 0.25) is 0 Å². The minimum absolute atomic E-state index is 0. The summed E-state index contributed by atoms with van der Waals surface area (Å²) < 4.78 is 0. The minimum Gasteiger partial charge on any atom is -0.358 e. The summed E-state index contributed by atoms with van der Waals surface area (Å²) >= 11 is 0. The first kappa shape index (κ1) is 31.3. The van der Waals surface area contributed by atoms with Crippen LogP contribution in [0.15, 0.2) is 0 Å². The van der Waals surface area contributed by atoms with Crippen LogP contribution in [0.4, 0.5) is 0 Å². The van der Waals surface area contributed by atoms with Crippen molar-refractivity contribution in [2.24, 2.45) is 0 Å². The van der Waals surface area contributed by atoms with Crippen LogP contribution in [0.1, 0.15) is 0 Å². The molecule has 0 unspecified atom stereocenters. The van der Waals surface area contributed by atoms with Gasteiger partial charge in [0.25, 0.3) is 0 Å². The van der Waals surface area contributed by atoms with Crippen molar-refractivity contribution in [2.45, 2.75) is 0 Å². The summed E-state index contributed by atoms with van der Waals surface area (Å²) in [5, 5.41) is 0. The van der Waals surface area contributed by atoms with Crippen LogP contribution in [-0.2, 0) is 65.4 Å². The fourth-order valence-corrected chi connectivity index (χ4v) is 0. The third-order valence-electron chi connectivity index (χ3n) is 0. The van der Waals surface area contributed by atoms with E-state index in [-0.39, 0.29) is 72.8 Å². The molecule has 0 bridgehead atoms. The van der Waals surface area contributed by atoms with E-state index in [0.29, 0.717) is 0 Å². The molecule has 0 rings (SSSR count). The first-order chi connectivity index (χ1) is 2.41. The molecule has 0 saturated heterocycles. The van der Waals surface area contributed by atoms with E-state index in [4.69, 9.17) is 0 Å². The average molecular weight is 247 g/mol. The van der Waals surface area contributed by atoms with E-state index in [1.165, 1.54) is 0 Å². The van der Waals surface area contributed by atoms with Gasteiger partial charge in [-0.05, 0) is 0 Å². The van der Waals surface area contributed by atoms with Gasteiger partial charge in [0.05, 0.1) is 0 Å². The van der Waals surface area contributed by atoms with Crippen LogP contribution in [0, 0.1) is 7.43 Å². The Hall–Kier alpha value is 2.53. The summed E-state index contributed by atoms with van der Waals surface area (Å²) in [5.41, 5.74) is 0. The maximum Gasteiger partial charge on any atom is 0 e. The van der Waals surface area contributed by atoms with Gasteiger partial charge in [-0.15, -0.1) is 0 Å². The van der Waals surface area contributed by atoms with E-state index < -0.39 is 0 Å². The second-order valence-corrected chi connectivity index (χ2v) is 0.192. The van der Waals surface area contributed by atoms with E-state index in [2.05, 4.69) is 30.9 Å². The van der Waals surface area contributed by atoms with Crippen molar-refractivity contribution in [1.82, 2.24) is 0 Å². The van der Waals surface area contributed by atoms with Crippen molar-refractivity contribution in [3.8, 4) is 0 Å². The van der Waals surface area contributed by atoms with Gasteiger partial charge in [-0.1, -0.05) is 0 Å². The Labute approximate surface area is 109 Å². The zero-order chi connectivity index (χ0) is 4.71. The molecule has 0 aliphatic carbocycles. The molecule has 0 aromatic rings. The van der Waals surface area contributed by atoms with Crippen molar-refractivity contribution in [3.63, 3.8) is 0 Å². The zero-order valence-electron chi connectivity index (χ0n) is 5.04. The Morgan fingerprint density at radius 3 is 0.875 bits per heavy atom. The van der Waals surface area contributed by atoms with Gasteiger partial charge in [-0.3, -0.25) is 0 Å². The maximum atomic E-state index is 4.50. The third kappa shape index (κ3) is 75.5. The predicted octanol–water partition coefficient (Wildman–Crippen LogP) is -1.46. The van der Waals surface area contributed by atoms with Crippen molar-refractivity contribution in [3.05, 3.63) is 7.43 Å². The van der Waals surface area contributed by atoms with E-state index in [9.17, 15) is 0 Å². The molecule has 0 fully saturated rings. The number of rotatable bonds is 0. The van der Waals surface area contributed by atoms with Gasteiger partial charge < -0.3 is 7.43 Å². The van der Waals surface area contributed by atoms with Crippen LogP contribution in [-0.4, -0.2) is 38.0 Å². The summed E-state index contributed by atoms with van der Waals surface area (Å²) in [5.74, 6) is 0. The second-order valence-electron chi connectivity index (χ2n) is 0.192. The van der Waals surface area contributed by atoms with Gasteiger partial charge >= 0.3 is 0 Å². The summed E-state index contributed by atoms with van der Waals surface area (Å²) in [6.07, 6.45) is 0. The molecule has 0 aromatic carbocycles. The molecule has 0 aromatic heterocycles. The van der Waals surface area contributed by atoms with Gasteiger partial charge in [-0.2, -0.15) is 0 Å². The average Bonchev–Trinajstić information content (AvgIpc) is 1.46. The van der Waals surface area contributed by atoms with E-state index in [1.807, 2.05) is 0 Å². The van der Waals surface area contributed by atoms with Crippen molar-refractivity contribution in [2.75, 3.05) is 0 Å². The number of hydrogen-bond donors (Lipinski definition) is 0. The Morgan fingerprint density at radius 1 is 0.875 bits per heavy atom. The predicted molar refractivity (Wildman–Crippen MR) is 35.2 cm³/mol. The van der Waals surface area contributed by atoms with Gasteiger partial charge in [0.2, 0.25) is 0 Å². The summed E-state index contributed by atoms with van der Waals surface area (Å²) in [7, 11) is 18.0. The molecule has 0 N–H and O–H groups in total. The molecule has 0 amide bonds. The number of hydrogen-bond acceptors (Lipinski definition) is 0. The van der Waals surface area contributed by atoms with Gasteiger partial charge in [0, 0.05) is 103 Å². The quantitative estimate of drug-likeness (QED) is 0.362. The molecule has 0 saturated carbocycles. The van der Waals surface area contributed by atoms with Crippen LogP contribution in [0.3, 0.4) is 0 Å². The first-order valence-electron chi connectivity index (χ1n) is 1.00. The Balaban J connectivity index is -0.00000000567. The molecule has 0 heterocycles. The molecule has 8 heavy (non-hydrogen) atoms. The molecule has 0 aliphatic rings.